The van der Waals surface area contributed by atoms with Gasteiger partial charge in [-0.1, -0.05) is 152 Å². The Bertz CT molecular complexity index is 1030. The van der Waals surface area contributed by atoms with Crippen LogP contribution in [0.15, 0.2) is 66.9 Å². The number of unbranched alkanes of at least 4 members (excludes halogenated alkanes) is 13. The third-order valence-corrected chi connectivity index (χ3v) is 8.63. The third kappa shape index (κ3) is 11.3. The molecule has 40 heavy (non-hydrogen) atoms. The molecule has 3 rings (SSSR count). The Kier molecular flexibility index (Phi) is 15.2. The zero-order valence-corrected chi connectivity index (χ0v) is 26.4. The molecule has 2 nitrogen and oxygen atoms in total. The molecule has 220 valence electrons. The second-order valence-corrected chi connectivity index (χ2v) is 12.5. The molecular formula is C38H59N2+. The molecule has 2 aromatic carbocycles. The molecule has 0 aliphatic carbocycles. The molecule has 0 saturated carbocycles. The topological polar surface area (TPSA) is 8.81 Å². The minimum Gasteiger partial charge on any atom is -0.232 e. The lowest BCUT2D eigenvalue weighted by Crippen LogP contribution is -2.39. The Morgan fingerprint density at radius 3 is 1.65 bits per heavy atom. The average molecular weight is 544 g/mol. The van der Waals surface area contributed by atoms with Crippen LogP contribution in [0.3, 0.4) is 0 Å². The normalized spacial score (nSPS) is 12.3. The Balaban J connectivity index is 1.53. The van der Waals surface area contributed by atoms with Crippen molar-refractivity contribution in [3.05, 3.63) is 89.5 Å². The van der Waals surface area contributed by atoms with Crippen LogP contribution in [0.2, 0.25) is 0 Å². The molecule has 1 unspecified atom stereocenters. The second kappa shape index (κ2) is 18.9. The molecule has 3 aromatic rings. The van der Waals surface area contributed by atoms with Gasteiger partial charge in [-0.05, 0) is 43.7 Å². The van der Waals surface area contributed by atoms with Crippen LogP contribution in [-0.4, -0.2) is 4.57 Å². The highest BCUT2D eigenvalue weighted by Crippen LogP contribution is 2.23. The molecule has 0 aliphatic rings. The lowest BCUT2D eigenvalue weighted by Gasteiger charge is -2.12. The van der Waals surface area contributed by atoms with Gasteiger partial charge in [0.15, 0.2) is 0 Å². The molecule has 0 aliphatic heterocycles. The molecule has 0 spiro atoms. The van der Waals surface area contributed by atoms with Gasteiger partial charge in [0.25, 0.3) is 5.82 Å². The summed E-state index contributed by atoms with van der Waals surface area (Å²) in [5, 5.41) is 0. The monoisotopic (exact) mass is 543 g/mol. The van der Waals surface area contributed by atoms with Crippen molar-refractivity contribution in [2.75, 3.05) is 0 Å². The number of aromatic nitrogens is 2. The highest BCUT2D eigenvalue weighted by atomic mass is 15.2. The fourth-order valence-corrected chi connectivity index (χ4v) is 6.14. The minimum absolute atomic E-state index is 0.460. The standard InChI is InChI=1S/C38H59N2/c1-5-6-7-8-9-10-11-12-13-14-15-16-17-24-29-39-37(30-34(4)36-27-22-19-23-28-36)32-40(33(2)3)38(39)31-35-25-20-18-21-26-35/h18-23,25-28,32-34H,5-17,24,29-31H2,1-4H3/q+1. The van der Waals surface area contributed by atoms with Gasteiger partial charge in [0.2, 0.25) is 0 Å². The molecule has 1 heterocycles. The van der Waals surface area contributed by atoms with E-state index in [4.69, 9.17) is 0 Å². The van der Waals surface area contributed by atoms with Crippen LogP contribution in [0.1, 0.15) is 152 Å². The fourth-order valence-electron chi connectivity index (χ4n) is 6.14. The van der Waals surface area contributed by atoms with Crippen LogP contribution in [-0.2, 0) is 19.4 Å². The Labute approximate surface area is 247 Å². The van der Waals surface area contributed by atoms with Crippen molar-refractivity contribution in [2.24, 2.45) is 0 Å². The first-order valence-corrected chi connectivity index (χ1v) is 16.8. The van der Waals surface area contributed by atoms with Crippen molar-refractivity contribution >= 4 is 0 Å². The molecule has 0 saturated heterocycles. The van der Waals surface area contributed by atoms with Crippen LogP contribution >= 0.6 is 0 Å². The maximum Gasteiger partial charge on any atom is 0.261 e. The second-order valence-electron chi connectivity index (χ2n) is 12.5. The number of hydrogen-bond donors (Lipinski definition) is 0. The molecule has 0 amide bonds. The largest absolute Gasteiger partial charge is 0.261 e. The first kappa shape index (κ1) is 32.2. The van der Waals surface area contributed by atoms with E-state index < -0.39 is 0 Å². The van der Waals surface area contributed by atoms with Gasteiger partial charge in [-0.3, -0.25) is 0 Å². The molecule has 0 N–H and O–H groups in total. The van der Waals surface area contributed by atoms with Crippen molar-refractivity contribution in [1.29, 1.82) is 0 Å². The average Bonchev–Trinajstić information content (AvgIpc) is 3.30. The summed E-state index contributed by atoms with van der Waals surface area (Å²) in [5.74, 6) is 1.97. The summed E-state index contributed by atoms with van der Waals surface area (Å²) in [6.07, 6.45) is 24.3. The summed E-state index contributed by atoms with van der Waals surface area (Å²) in [5.41, 5.74) is 4.33. The molecule has 0 fully saturated rings. The third-order valence-electron chi connectivity index (χ3n) is 8.63. The van der Waals surface area contributed by atoms with Crippen LogP contribution in [0, 0.1) is 0 Å². The van der Waals surface area contributed by atoms with Crippen molar-refractivity contribution in [3.63, 3.8) is 0 Å². The predicted molar refractivity (Wildman–Crippen MR) is 173 cm³/mol. The van der Waals surface area contributed by atoms with Crippen molar-refractivity contribution < 1.29 is 4.57 Å². The zero-order chi connectivity index (χ0) is 28.4. The molecule has 1 atom stereocenters. The molecule has 1 aromatic heterocycles. The van der Waals surface area contributed by atoms with E-state index in [0.29, 0.717) is 12.0 Å². The van der Waals surface area contributed by atoms with Gasteiger partial charge in [-0.25, -0.2) is 9.13 Å². The van der Waals surface area contributed by atoms with Crippen molar-refractivity contribution in [1.82, 2.24) is 4.57 Å². The number of nitrogens with zero attached hydrogens (tertiary/aromatic N) is 2. The van der Waals surface area contributed by atoms with Gasteiger partial charge in [0.1, 0.15) is 11.9 Å². The van der Waals surface area contributed by atoms with Gasteiger partial charge in [0.05, 0.1) is 19.0 Å². The summed E-state index contributed by atoms with van der Waals surface area (Å²) in [6, 6.07) is 22.5. The number of benzene rings is 2. The Morgan fingerprint density at radius 1 is 0.625 bits per heavy atom. The van der Waals surface area contributed by atoms with Crippen LogP contribution < -0.4 is 4.57 Å². The number of imidazole rings is 1. The first-order chi connectivity index (χ1) is 19.6. The maximum absolute atomic E-state index is 2.69. The summed E-state index contributed by atoms with van der Waals surface area (Å²) in [7, 11) is 0. The highest BCUT2D eigenvalue weighted by Gasteiger charge is 2.26. The van der Waals surface area contributed by atoms with Gasteiger partial charge >= 0.3 is 0 Å². The molecular weight excluding hydrogens is 484 g/mol. The predicted octanol–water partition coefficient (Wildman–Crippen LogP) is 10.8. The summed E-state index contributed by atoms with van der Waals surface area (Å²) in [6.45, 7) is 10.5. The molecule has 2 heteroatoms. The van der Waals surface area contributed by atoms with Crippen LogP contribution in [0.5, 0.6) is 0 Å². The van der Waals surface area contributed by atoms with Crippen LogP contribution in [0.4, 0.5) is 0 Å². The van der Waals surface area contributed by atoms with Crippen molar-refractivity contribution in [2.45, 2.75) is 149 Å². The zero-order valence-electron chi connectivity index (χ0n) is 26.4. The van der Waals surface area contributed by atoms with E-state index in [9.17, 15) is 0 Å². The van der Waals surface area contributed by atoms with E-state index in [0.717, 1.165) is 19.4 Å². The Morgan fingerprint density at radius 2 is 1.12 bits per heavy atom. The number of rotatable bonds is 21. The van der Waals surface area contributed by atoms with Gasteiger partial charge in [-0.15, -0.1) is 0 Å². The minimum atomic E-state index is 0.460. The summed E-state index contributed by atoms with van der Waals surface area (Å²) in [4.78, 5) is 0. The van der Waals surface area contributed by atoms with E-state index in [-0.39, 0.29) is 0 Å². The molecule has 0 radical (unpaired) electrons. The lowest BCUT2D eigenvalue weighted by molar-refractivity contribution is -0.722. The quantitative estimate of drug-likeness (QED) is 0.0933. The van der Waals surface area contributed by atoms with Gasteiger partial charge in [0, 0.05) is 6.42 Å². The highest BCUT2D eigenvalue weighted by molar-refractivity contribution is 5.22. The number of hydrogen-bond acceptors (Lipinski definition) is 0. The smallest absolute Gasteiger partial charge is 0.232 e. The van der Waals surface area contributed by atoms with Gasteiger partial charge < -0.3 is 0 Å². The first-order valence-electron chi connectivity index (χ1n) is 16.8. The van der Waals surface area contributed by atoms with Gasteiger partial charge in [-0.2, -0.15) is 0 Å². The van der Waals surface area contributed by atoms with E-state index in [2.05, 4.69) is 104 Å². The van der Waals surface area contributed by atoms with E-state index in [1.54, 1.807) is 0 Å². The molecule has 0 bridgehead atoms. The summed E-state index contributed by atoms with van der Waals surface area (Å²) < 4.78 is 5.23. The summed E-state index contributed by atoms with van der Waals surface area (Å²) >= 11 is 0. The van der Waals surface area contributed by atoms with Crippen molar-refractivity contribution in [3.8, 4) is 0 Å². The fraction of sp³-hybridized carbons (Fsp3) is 0.605. The van der Waals surface area contributed by atoms with E-state index in [1.807, 2.05) is 0 Å². The maximum atomic E-state index is 2.69. The van der Waals surface area contributed by atoms with E-state index >= 15 is 0 Å². The van der Waals surface area contributed by atoms with E-state index in [1.165, 1.54) is 113 Å². The lowest BCUT2D eigenvalue weighted by atomic mass is 9.96. The SMILES string of the molecule is CCCCCCCCCCCCCCCCn1c(CC(C)c2ccccc2)c[n+](C(C)C)c1Cc1ccccc1. The van der Waals surface area contributed by atoms with Crippen LogP contribution in [0.25, 0.3) is 0 Å². The Hall–Kier alpha value is -2.35.